The van der Waals surface area contributed by atoms with E-state index < -0.39 is 0 Å². The molecule has 0 saturated heterocycles. The molecule has 98 valence electrons. The average molecular weight is 249 g/mol. The summed E-state index contributed by atoms with van der Waals surface area (Å²) in [5.41, 5.74) is 1.15. The van der Waals surface area contributed by atoms with Crippen molar-refractivity contribution in [1.29, 1.82) is 0 Å². The third kappa shape index (κ3) is 3.39. The van der Waals surface area contributed by atoms with Crippen LogP contribution >= 0.6 is 0 Å². The van der Waals surface area contributed by atoms with Crippen LogP contribution in [0.25, 0.3) is 0 Å². The Bertz CT molecular complexity index is 418. The van der Waals surface area contributed by atoms with Crippen LogP contribution in [0.2, 0.25) is 0 Å². The van der Waals surface area contributed by atoms with Gasteiger partial charge in [-0.3, -0.25) is 4.79 Å². The first-order chi connectivity index (χ1) is 8.79. The van der Waals surface area contributed by atoms with Crippen molar-refractivity contribution in [3.63, 3.8) is 0 Å². The predicted molar refractivity (Wildman–Crippen MR) is 69.1 cm³/mol. The molecule has 2 rings (SSSR count). The lowest BCUT2D eigenvalue weighted by molar-refractivity contribution is -0.120. The maximum Gasteiger partial charge on any atom is 0.219 e. The predicted octanol–water partition coefficient (Wildman–Crippen LogP) is 1.92. The summed E-state index contributed by atoms with van der Waals surface area (Å²) >= 11 is 0. The molecule has 1 N–H and O–H groups in total. The van der Waals surface area contributed by atoms with E-state index >= 15 is 0 Å². The summed E-state index contributed by atoms with van der Waals surface area (Å²) in [6, 6.07) is 5.96. The van der Waals surface area contributed by atoms with Gasteiger partial charge in [-0.2, -0.15) is 0 Å². The lowest BCUT2D eigenvalue weighted by Gasteiger charge is -2.09. The van der Waals surface area contributed by atoms with Crippen molar-refractivity contribution < 1.29 is 14.3 Å². The number of carbonyl (C=O) groups is 1. The zero-order valence-electron chi connectivity index (χ0n) is 10.7. The molecule has 4 nitrogen and oxygen atoms in total. The molecular weight excluding hydrogens is 230 g/mol. The molecule has 0 aliphatic carbocycles. The SMILES string of the molecule is CCC(=O)NCCc1ccc2c(c1)OCCCO2. The fourth-order valence-corrected chi connectivity index (χ4v) is 1.83. The first-order valence-electron chi connectivity index (χ1n) is 6.45. The Labute approximate surface area is 107 Å². The van der Waals surface area contributed by atoms with Gasteiger partial charge in [-0.25, -0.2) is 0 Å². The fraction of sp³-hybridized carbons (Fsp3) is 0.500. The fourth-order valence-electron chi connectivity index (χ4n) is 1.83. The highest BCUT2D eigenvalue weighted by molar-refractivity contribution is 5.75. The monoisotopic (exact) mass is 249 g/mol. The highest BCUT2D eigenvalue weighted by Gasteiger charge is 2.10. The molecule has 1 aliphatic rings. The number of nitrogens with one attached hydrogen (secondary N) is 1. The van der Waals surface area contributed by atoms with Crippen molar-refractivity contribution in [2.45, 2.75) is 26.2 Å². The largest absolute Gasteiger partial charge is 0.490 e. The molecule has 0 bridgehead atoms. The van der Waals surface area contributed by atoms with Gasteiger partial charge in [-0.1, -0.05) is 13.0 Å². The van der Waals surface area contributed by atoms with Crippen LogP contribution in [0.4, 0.5) is 0 Å². The van der Waals surface area contributed by atoms with E-state index in [0.29, 0.717) is 26.2 Å². The molecule has 1 aliphatic heterocycles. The van der Waals surface area contributed by atoms with Crippen molar-refractivity contribution >= 4 is 5.91 Å². The Balaban J connectivity index is 1.93. The van der Waals surface area contributed by atoms with E-state index in [-0.39, 0.29) is 5.91 Å². The van der Waals surface area contributed by atoms with Crippen LogP contribution in [0.5, 0.6) is 11.5 Å². The Morgan fingerprint density at radius 1 is 1.28 bits per heavy atom. The minimum Gasteiger partial charge on any atom is -0.490 e. The standard InChI is InChI=1S/C14H19NO3/c1-2-14(16)15-7-6-11-4-5-12-13(10-11)18-9-3-8-17-12/h4-5,10H,2-3,6-9H2,1H3,(H,15,16). The Kier molecular flexibility index (Phi) is 4.45. The molecule has 1 aromatic carbocycles. The van der Waals surface area contributed by atoms with Crippen LogP contribution in [0.1, 0.15) is 25.3 Å². The Morgan fingerprint density at radius 2 is 2.06 bits per heavy atom. The summed E-state index contributed by atoms with van der Waals surface area (Å²) in [5, 5.41) is 2.86. The van der Waals surface area contributed by atoms with E-state index in [0.717, 1.165) is 29.9 Å². The van der Waals surface area contributed by atoms with Gasteiger partial charge in [-0.05, 0) is 24.1 Å². The zero-order chi connectivity index (χ0) is 12.8. The first-order valence-corrected chi connectivity index (χ1v) is 6.45. The molecule has 4 heteroatoms. The molecule has 0 spiro atoms. The molecule has 1 amide bonds. The Morgan fingerprint density at radius 3 is 2.83 bits per heavy atom. The molecule has 0 radical (unpaired) electrons. The zero-order valence-corrected chi connectivity index (χ0v) is 10.7. The van der Waals surface area contributed by atoms with Gasteiger partial charge in [-0.15, -0.1) is 0 Å². The molecular formula is C14H19NO3. The summed E-state index contributed by atoms with van der Waals surface area (Å²) < 4.78 is 11.2. The van der Waals surface area contributed by atoms with E-state index in [1.807, 2.05) is 25.1 Å². The minimum atomic E-state index is 0.0874. The maximum atomic E-state index is 11.1. The van der Waals surface area contributed by atoms with E-state index in [1.54, 1.807) is 0 Å². The second-order valence-electron chi connectivity index (χ2n) is 4.29. The Hall–Kier alpha value is -1.71. The van der Waals surface area contributed by atoms with Gasteiger partial charge in [0.25, 0.3) is 0 Å². The molecule has 0 aromatic heterocycles. The van der Waals surface area contributed by atoms with Crippen molar-refractivity contribution in [2.75, 3.05) is 19.8 Å². The van der Waals surface area contributed by atoms with Crippen LogP contribution in [-0.4, -0.2) is 25.7 Å². The number of carbonyl (C=O) groups excluding carboxylic acids is 1. The van der Waals surface area contributed by atoms with Crippen LogP contribution in [-0.2, 0) is 11.2 Å². The highest BCUT2D eigenvalue weighted by atomic mass is 16.5. The molecule has 0 fully saturated rings. The number of hydrogen-bond acceptors (Lipinski definition) is 3. The number of amides is 1. The minimum absolute atomic E-state index is 0.0874. The molecule has 1 heterocycles. The topological polar surface area (TPSA) is 47.6 Å². The third-order valence-electron chi connectivity index (χ3n) is 2.87. The van der Waals surface area contributed by atoms with E-state index in [9.17, 15) is 4.79 Å². The number of fused-ring (bicyclic) bond motifs is 1. The summed E-state index contributed by atoms with van der Waals surface area (Å²) in [6.07, 6.45) is 2.25. The van der Waals surface area contributed by atoms with E-state index in [2.05, 4.69) is 5.32 Å². The van der Waals surface area contributed by atoms with Crippen LogP contribution < -0.4 is 14.8 Å². The maximum absolute atomic E-state index is 11.1. The van der Waals surface area contributed by atoms with E-state index in [4.69, 9.17) is 9.47 Å². The molecule has 0 saturated carbocycles. The third-order valence-corrected chi connectivity index (χ3v) is 2.87. The number of benzene rings is 1. The summed E-state index contributed by atoms with van der Waals surface area (Å²) in [4.78, 5) is 11.1. The van der Waals surface area contributed by atoms with Crippen LogP contribution in [0, 0.1) is 0 Å². The van der Waals surface area contributed by atoms with Crippen molar-refractivity contribution in [3.8, 4) is 11.5 Å². The lowest BCUT2D eigenvalue weighted by Crippen LogP contribution is -2.24. The number of rotatable bonds is 4. The van der Waals surface area contributed by atoms with Gasteiger partial charge >= 0.3 is 0 Å². The smallest absolute Gasteiger partial charge is 0.219 e. The molecule has 0 unspecified atom stereocenters. The average Bonchev–Trinajstić information content (AvgIpc) is 2.63. The quantitative estimate of drug-likeness (QED) is 0.886. The summed E-state index contributed by atoms with van der Waals surface area (Å²) in [6.45, 7) is 3.91. The second-order valence-corrected chi connectivity index (χ2v) is 4.29. The highest BCUT2D eigenvalue weighted by Crippen LogP contribution is 2.30. The molecule has 18 heavy (non-hydrogen) atoms. The van der Waals surface area contributed by atoms with Gasteiger partial charge in [0.15, 0.2) is 11.5 Å². The summed E-state index contributed by atoms with van der Waals surface area (Å²) in [5.74, 6) is 1.71. The summed E-state index contributed by atoms with van der Waals surface area (Å²) in [7, 11) is 0. The second kappa shape index (κ2) is 6.28. The molecule has 0 atom stereocenters. The normalized spacial score (nSPS) is 13.8. The van der Waals surface area contributed by atoms with Gasteiger partial charge in [0.1, 0.15) is 0 Å². The van der Waals surface area contributed by atoms with Crippen molar-refractivity contribution in [3.05, 3.63) is 23.8 Å². The van der Waals surface area contributed by atoms with Crippen molar-refractivity contribution in [2.24, 2.45) is 0 Å². The van der Waals surface area contributed by atoms with E-state index in [1.165, 1.54) is 0 Å². The number of hydrogen-bond donors (Lipinski definition) is 1. The van der Waals surface area contributed by atoms with Crippen molar-refractivity contribution in [1.82, 2.24) is 5.32 Å². The first kappa shape index (κ1) is 12.7. The van der Waals surface area contributed by atoms with Crippen LogP contribution in [0.3, 0.4) is 0 Å². The number of ether oxygens (including phenoxy) is 2. The molecule has 1 aromatic rings. The lowest BCUT2D eigenvalue weighted by atomic mass is 10.1. The van der Waals surface area contributed by atoms with Gasteiger partial charge in [0.2, 0.25) is 5.91 Å². The van der Waals surface area contributed by atoms with Crippen LogP contribution in [0.15, 0.2) is 18.2 Å². The van der Waals surface area contributed by atoms with Gasteiger partial charge in [0.05, 0.1) is 13.2 Å². The van der Waals surface area contributed by atoms with Gasteiger partial charge in [0, 0.05) is 19.4 Å². The van der Waals surface area contributed by atoms with Gasteiger partial charge < -0.3 is 14.8 Å².